The quantitative estimate of drug-likeness (QED) is 0.745. The van der Waals surface area contributed by atoms with Crippen LogP contribution in [0, 0.1) is 11.8 Å². The highest BCUT2D eigenvalue weighted by Gasteiger charge is 2.23. The molecule has 2 heteroatoms. The molecular weight excluding hydrogens is 174 g/mol. The highest BCUT2D eigenvalue weighted by Crippen LogP contribution is 2.30. The molecule has 0 aromatic carbocycles. The number of nitrogens with one attached hydrogen (secondary N) is 1. The molecule has 0 aromatic heterocycles. The second-order valence-electron chi connectivity index (χ2n) is 4.69. The third-order valence-electron chi connectivity index (χ3n) is 3.61. The van der Waals surface area contributed by atoms with E-state index in [1.807, 2.05) is 0 Å². The largest absolute Gasteiger partial charge is 0.388 e. The van der Waals surface area contributed by atoms with E-state index in [0.717, 1.165) is 30.5 Å². The summed E-state index contributed by atoms with van der Waals surface area (Å²) in [5.41, 5.74) is 1.16. The Bertz CT molecular complexity index is 257. The number of hydrogen-bond acceptors (Lipinski definition) is 2. The van der Waals surface area contributed by atoms with Crippen LogP contribution in [0.15, 0.2) is 11.8 Å². The Morgan fingerprint density at radius 2 is 2.29 bits per heavy atom. The molecule has 0 spiro atoms. The Hall–Kier alpha value is -0.790. The first-order valence-electron chi connectivity index (χ1n) is 5.73. The molecule has 14 heavy (non-hydrogen) atoms. The summed E-state index contributed by atoms with van der Waals surface area (Å²) in [5.74, 6) is 1.97. The van der Waals surface area contributed by atoms with Crippen molar-refractivity contribution in [3.63, 3.8) is 0 Å². The molecule has 1 fully saturated rings. The van der Waals surface area contributed by atoms with E-state index in [2.05, 4.69) is 12.2 Å². The summed E-state index contributed by atoms with van der Waals surface area (Å²) in [5, 5.41) is 3.42. The van der Waals surface area contributed by atoms with Crippen LogP contribution >= 0.6 is 0 Å². The Labute approximate surface area is 85.8 Å². The van der Waals surface area contributed by atoms with Gasteiger partial charge in [0.05, 0.1) is 0 Å². The van der Waals surface area contributed by atoms with Gasteiger partial charge in [0.15, 0.2) is 5.78 Å². The average molecular weight is 193 g/mol. The Morgan fingerprint density at radius 3 is 2.86 bits per heavy atom. The number of carbonyl (C=O) groups is 1. The summed E-state index contributed by atoms with van der Waals surface area (Å²) in [4.78, 5) is 11.0. The fourth-order valence-electron chi connectivity index (χ4n) is 2.52. The van der Waals surface area contributed by atoms with Crippen LogP contribution in [0.25, 0.3) is 0 Å². The summed E-state index contributed by atoms with van der Waals surface area (Å²) in [7, 11) is 0. The topological polar surface area (TPSA) is 29.1 Å². The summed E-state index contributed by atoms with van der Waals surface area (Å²) < 4.78 is 0. The third kappa shape index (κ3) is 2.17. The number of allylic oxidation sites excluding steroid dienone is 2. The highest BCUT2D eigenvalue weighted by molar-refractivity contribution is 5.92. The van der Waals surface area contributed by atoms with Crippen molar-refractivity contribution in [2.45, 2.75) is 39.0 Å². The molecule has 2 unspecified atom stereocenters. The first-order chi connectivity index (χ1) is 6.75. The highest BCUT2D eigenvalue weighted by atomic mass is 16.1. The zero-order valence-electron chi connectivity index (χ0n) is 8.88. The summed E-state index contributed by atoms with van der Waals surface area (Å²) in [6.07, 6.45) is 7.54. The molecule has 1 saturated carbocycles. The van der Waals surface area contributed by atoms with Gasteiger partial charge in [-0.2, -0.15) is 0 Å². The van der Waals surface area contributed by atoms with Gasteiger partial charge in [-0.05, 0) is 24.7 Å². The second-order valence-corrected chi connectivity index (χ2v) is 4.69. The van der Waals surface area contributed by atoms with Crippen LogP contribution in [0.3, 0.4) is 0 Å². The average Bonchev–Trinajstić information content (AvgIpc) is 2.72. The van der Waals surface area contributed by atoms with Gasteiger partial charge >= 0.3 is 0 Å². The lowest BCUT2D eigenvalue weighted by Gasteiger charge is -2.16. The van der Waals surface area contributed by atoms with E-state index in [9.17, 15) is 4.79 Å². The maximum Gasteiger partial charge on any atom is 0.157 e. The SMILES string of the molecule is CC1CCCC1CNC1=CC(=O)CC1. The fourth-order valence-corrected chi connectivity index (χ4v) is 2.52. The molecule has 1 N–H and O–H groups in total. The van der Waals surface area contributed by atoms with Crippen molar-refractivity contribution < 1.29 is 4.79 Å². The zero-order valence-corrected chi connectivity index (χ0v) is 8.88. The molecule has 2 aliphatic carbocycles. The van der Waals surface area contributed by atoms with Crippen molar-refractivity contribution in [2.24, 2.45) is 11.8 Å². The normalized spacial score (nSPS) is 32.1. The van der Waals surface area contributed by atoms with Crippen molar-refractivity contribution in [2.75, 3.05) is 6.54 Å². The van der Waals surface area contributed by atoms with Crippen molar-refractivity contribution in [1.29, 1.82) is 0 Å². The Balaban J connectivity index is 1.77. The molecule has 2 aliphatic rings. The van der Waals surface area contributed by atoms with Crippen LogP contribution in [0.4, 0.5) is 0 Å². The van der Waals surface area contributed by atoms with E-state index in [1.54, 1.807) is 6.08 Å². The van der Waals surface area contributed by atoms with Crippen LogP contribution in [0.5, 0.6) is 0 Å². The monoisotopic (exact) mass is 193 g/mol. The number of rotatable bonds is 3. The first-order valence-corrected chi connectivity index (χ1v) is 5.73. The summed E-state index contributed by atoms with van der Waals surface area (Å²) in [6, 6.07) is 0. The van der Waals surface area contributed by atoms with Gasteiger partial charge < -0.3 is 5.32 Å². The lowest BCUT2D eigenvalue weighted by atomic mass is 9.98. The van der Waals surface area contributed by atoms with E-state index in [0.29, 0.717) is 6.42 Å². The van der Waals surface area contributed by atoms with Crippen molar-refractivity contribution >= 4 is 5.78 Å². The van der Waals surface area contributed by atoms with Crippen LogP contribution in [-0.4, -0.2) is 12.3 Å². The predicted octanol–water partition coefficient (Wildman–Crippen LogP) is 2.26. The Kier molecular flexibility index (Phi) is 2.90. The molecule has 0 radical (unpaired) electrons. The molecule has 0 bridgehead atoms. The van der Waals surface area contributed by atoms with Gasteiger partial charge in [0.2, 0.25) is 0 Å². The summed E-state index contributed by atoms with van der Waals surface area (Å²) >= 11 is 0. The fraction of sp³-hybridized carbons (Fsp3) is 0.750. The Morgan fingerprint density at radius 1 is 1.43 bits per heavy atom. The van der Waals surface area contributed by atoms with Gasteiger partial charge in [-0.3, -0.25) is 4.79 Å². The van der Waals surface area contributed by atoms with Gasteiger partial charge in [0.25, 0.3) is 0 Å². The van der Waals surface area contributed by atoms with Gasteiger partial charge in [-0.15, -0.1) is 0 Å². The minimum Gasteiger partial charge on any atom is -0.388 e. The van der Waals surface area contributed by atoms with Crippen molar-refractivity contribution in [1.82, 2.24) is 5.32 Å². The van der Waals surface area contributed by atoms with Gasteiger partial charge in [-0.1, -0.05) is 19.8 Å². The van der Waals surface area contributed by atoms with Crippen LogP contribution in [0.1, 0.15) is 39.0 Å². The number of ketones is 1. The number of hydrogen-bond donors (Lipinski definition) is 1. The zero-order chi connectivity index (χ0) is 9.97. The maximum absolute atomic E-state index is 11.0. The molecule has 2 atom stereocenters. The molecule has 0 amide bonds. The maximum atomic E-state index is 11.0. The molecular formula is C12H19NO. The van der Waals surface area contributed by atoms with Crippen LogP contribution < -0.4 is 5.32 Å². The van der Waals surface area contributed by atoms with Crippen molar-refractivity contribution in [3.8, 4) is 0 Å². The second kappa shape index (κ2) is 4.16. The van der Waals surface area contributed by atoms with Crippen LogP contribution in [0.2, 0.25) is 0 Å². The van der Waals surface area contributed by atoms with Gasteiger partial charge in [0, 0.05) is 24.7 Å². The molecule has 78 valence electrons. The van der Waals surface area contributed by atoms with Crippen LogP contribution in [-0.2, 0) is 4.79 Å². The molecule has 0 heterocycles. The van der Waals surface area contributed by atoms with E-state index in [4.69, 9.17) is 0 Å². The van der Waals surface area contributed by atoms with Gasteiger partial charge in [0.1, 0.15) is 0 Å². The lowest BCUT2D eigenvalue weighted by Crippen LogP contribution is -2.23. The molecule has 2 nitrogen and oxygen atoms in total. The smallest absolute Gasteiger partial charge is 0.157 e. The molecule has 2 rings (SSSR count). The van der Waals surface area contributed by atoms with Gasteiger partial charge in [-0.25, -0.2) is 0 Å². The molecule has 0 aliphatic heterocycles. The minimum atomic E-state index is 0.284. The van der Waals surface area contributed by atoms with Crippen molar-refractivity contribution in [3.05, 3.63) is 11.8 Å². The standard InChI is InChI=1S/C12H19NO/c1-9-3-2-4-10(9)8-13-11-5-6-12(14)7-11/h7,9-10,13H,2-6,8H2,1H3. The lowest BCUT2D eigenvalue weighted by molar-refractivity contribution is -0.114. The summed E-state index contributed by atoms with van der Waals surface area (Å²) in [6.45, 7) is 3.41. The van der Waals surface area contributed by atoms with E-state index < -0.39 is 0 Å². The first kappa shape index (κ1) is 9.75. The number of carbonyl (C=O) groups excluding carboxylic acids is 1. The minimum absolute atomic E-state index is 0.284. The van der Waals surface area contributed by atoms with E-state index in [1.165, 1.54) is 19.3 Å². The third-order valence-corrected chi connectivity index (χ3v) is 3.61. The predicted molar refractivity (Wildman–Crippen MR) is 56.8 cm³/mol. The van der Waals surface area contributed by atoms with E-state index in [-0.39, 0.29) is 5.78 Å². The molecule has 0 aromatic rings. The van der Waals surface area contributed by atoms with E-state index >= 15 is 0 Å². The molecule has 0 saturated heterocycles.